The van der Waals surface area contributed by atoms with Crippen LogP contribution >= 0.6 is 11.3 Å². The second-order valence-corrected chi connectivity index (χ2v) is 9.84. The van der Waals surface area contributed by atoms with E-state index in [9.17, 15) is 13.2 Å². The van der Waals surface area contributed by atoms with Gasteiger partial charge in [0.05, 0.1) is 16.9 Å². The molecule has 3 heterocycles. The van der Waals surface area contributed by atoms with Gasteiger partial charge in [-0.1, -0.05) is 0 Å². The topological polar surface area (TPSA) is 98.2 Å². The van der Waals surface area contributed by atoms with Crippen LogP contribution < -0.4 is 10.1 Å². The Hall–Kier alpha value is -1.74. The summed E-state index contributed by atoms with van der Waals surface area (Å²) in [5, 5.41) is 3.65. The molecule has 2 aromatic rings. The van der Waals surface area contributed by atoms with Crippen molar-refractivity contribution in [1.29, 1.82) is 0 Å². The maximum atomic E-state index is 12.1. The zero-order valence-electron chi connectivity index (χ0n) is 13.7. The second kappa shape index (κ2) is 6.53. The van der Waals surface area contributed by atoms with Crippen LogP contribution in [0.4, 0.5) is 0 Å². The molecule has 2 aliphatic rings. The average Bonchev–Trinajstić information content (AvgIpc) is 3.12. The number of rotatable bonds is 4. The number of carbonyl (C=O) groups is 1. The van der Waals surface area contributed by atoms with E-state index < -0.39 is 9.84 Å². The van der Waals surface area contributed by atoms with Gasteiger partial charge < -0.3 is 10.1 Å². The van der Waals surface area contributed by atoms with E-state index >= 15 is 0 Å². The van der Waals surface area contributed by atoms with Crippen molar-refractivity contribution in [2.24, 2.45) is 0 Å². The standard InChI is InChI=1S/C16H19N3O4S2/c20-13(19-10-5-6-25(21,22)8-10)7-23-15-14-11-3-1-2-4-12(11)24-16(14)18-9-17-15/h9-10H,1-8H2,(H,19,20)/t10-/m0/s1. The largest absolute Gasteiger partial charge is 0.467 e. The van der Waals surface area contributed by atoms with E-state index in [1.54, 1.807) is 11.3 Å². The number of ether oxygens (including phenoxy) is 1. The van der Waals surface area contributed by atoms with E-state index in [1.807, 2.05) is 0 Å². The first kappa shape index (κ1) is 16.7. The first-order chi connectivity index (χ1) is 12.0. The molecule has 25 heavy (non-hydrogen) atoms. The fraction of sp³-hybridized carbons (Fsp3) is 0.562. The lowest BCUT2D eigenvalue weighted by molar-refractivity contribution is -0.123. The molecule has 134 valence electrons. The minimum atomic E-state index is -3.01. The molecule has 1 saturated heterocycles. The number of carbonyl (C=O) groups excluding carboxylic acids is 1. The molecule has 1 aliphatic carbocycles. The summed E-state index contributed by atoms with van der Waals surface area (Å²) < 4.78 is 28.6. The lowest BCUT2D eigenvalue weighted by atomic mass is 9.97. The number of aryl methyl sites for hydroxylation is 2. The smallest absolute Gasteiger partial charge is 0.258 e. The first-order valence-corrected chi connectivity index (χ1v) is 11.0. The van der Waals surface area contributed by atoms with Gasteiger partial charge in [-0.3, -0.25) is 4.79 Å². The van der Waals surface area contributed by atoms with Gasteiger partial charge in [-0.15, -0.1) is 11.3 Å². The third kappa shape index (κ3) is 3.48. The average molecular weight is 381 g/mol. The molecule has 0 radical (unpaired) electrons. The van der Waals surface area contributed by atoms with Gasteiger partial charge in [-0.2, -0.15) is 0 Å². The maximum absolute atomic E-state index is 12.1. The number of amides is 1. The Morgan fingerprint density at radius 3 is 2.96 bits per heavy atom. The van der Waals surface area contributed by atoms with Crippen LogP contribution in [0.15, 0.2) is 6.33 Å². The van der Waals surface area contributed by atoms with Gasteiger partial charge in [0.15, 0.2) is 16.4 Å². The van der Waals surface area contributed by atoms with Crippen molar-refractivity contribution in [2.75, 3.05) is 18.1 Å². The predicted molar refractivity (Wildman–Crippen MR) is 94.8 cm³/mol. The van der Waals surface area contributed by atoms with Crippen molar-refractivity contribution in [1.82, 2.24) is 15.3 Å². The van der Waals surface area contributed by atoms with Gasteiger partial charge in [0.25, 0.3) is 5.91 Å². The Bertz CT molecular complexity index is 923. The van der Waals surface area contributed by atoms with Crippen molar-refractivity contribution >= 4 is 37.3 Å². The second-order valence-electron chi connectivity index (χ2n) is 6.53. The highest BCUT2D eigenvalue weighted by atomic mass is 32.2. The number of hydrogen-bond acceptors (Lipinski definition) is 7. The van der Waals surface area contributed by atoms with Crippen LogP contribution in [-0.4, -0.2) is 48.4 Å². The van der Waals surface area contributed by atoms with Gasteiger partial charge in [-0.05, 0) is 37.7 Å². The quantitative estimate of drug-likeness (QED) is 0.856. The molecule has 2 aromatic heterocycles. The van der Waals surface area contributed by atoms with Crippen LogP contribution in [0.3, 0.4) is 0 Å². The monoisotopic (exact) mass is 381 g/mol. The molecule has 1 atom stereocenters. The lowest BCUT2D eigenvalue weighted by Gasteiger charge is -2.13. The Balaban J connectivity index is 1.46. The lowest BCUT2D eigenvalue weighted by Crippen LogP contribution is -2.38. The van der Waals surface area contributed by atoms with Crippen LogP contribution in [0.2, 0.25) is 0 Å². The van der Waals surface area contributed by atoms with Crippen LogP contribution in [0.5, 0.6) is 5.88 Å². The van der Waals surface area contributed by atoms with Crippen LogP contribution in [0.1, 0.15) is 29.7 Å². The normalized spacial score (nSPS) is 21.8. The number of sulfone groups is 1. The molecular weight excluding hydrogens is 362 g/mol. The summed E-state index contributed by atoms with van der Waals surface area (Å²) in [6.07, 6.45) is 6.31. The Labute approximate surface area is 149 Å². The van der Waals surface area contributed by atoms with Crippen molar-refractivity contribution in [2.45, 2.75) is 38.1 Å². The van der Waals surface area contributed by atoms with Crippen molar-refractivity contribution in [3.8, 4) is 5.88 Å². The number of fused-ring (bicyclic) bond motifs is 3. The number of nitrogens with one attached hydrogen (secondary N) is 1. The van der Waals surface area contributed by atoms with Crippen molar-refractivity contribution in [3.05, 3.63) is 16.8 Å². The third-order valence-corrected chi connectivity index (χ3v) is 7.62. The summed E-state index contributed by atoms with van der Waals surface area (Å²) in [5.74, 6) is 0.262. The molecule has 4 rings (SSSR count). The molecule has 1 aliphatic heterocycles. The molecule has 1 fully saturated rings. The van der Waals surface area contributed by atoms with Gasteiger partial charge >= 0.3 is 0 Å². The Morgan fingerprint density at radius 1 is 1.32 bits per heavy atom. The fourth-order valence-corrected chi connectivity index (χ4v) is 6.38. The zero-order chi connectivity index (χ0) is 17.4. The molecular formula is C16H19N3O4S2. The molecule has 0 spiro atoms. The third-order valence-electron chi connectivity index (χ3n) is 4.65. The van der Waals surface area contributed by atoms with E-state index in [2.05, 4.69) is 15.3 Å². The summed E-state index contributed by atoms with van der Waals surface area (Å²) in [6, 6.07) is -0.319. The number of nitrogens with zero attached hydrogens (tertiary/aromatic N) is 2. The molecule has 0 saturated carbocycles. The molecule has 0 unspecified atom stereocenters. The minimum Gasteiger partial charge on any atom is -0.467 e. The van der Waals surface area contributed by atoms with Crippen LogP contribution in [0, 0.1) is 0 Å². The number of hydrogen-bond donors (Lipinski definition) is 1. The van der Waals surface area contributed by atoms with E-state index in [-0.39, 0.29) is 30.1 Å². The van der Waals surface area contributed by atoms with Gasteiger partial charge in [-0.25, -0.2) is 18.4 Å². The van der Waals surface area contributed by atoms with Crippen molar-refractivity contribution in [3.63, 3.8) is 0 Å². The Kier molecular flexibility index (Phi) is 4.36. The first-order valence-electron chi connectivity index (χ1n) is 8.40. The molecule has 0 aromatic carbocycles. The maximum Gasteiger partial charge on any atom is 0.258 e. The van der Waals surface area contributed by atoms with E-state index in [0.717, 1.165) is 29.5 Å². The van der Waals surface area contributed by atoms with Gasteiger partial charge in [0.2, 0.25) is 5.88 Å². The highest BCUT2D eigenvalue weighted by Crippen LogP contribution is 2.38. The molecule has 1 amide bonds. The van der Waals surface area contributed by atoms with Gasteiger partial charge in [0.1, 0.15) is 11.2 Å². The molecule has 0 bridgehead atoms. The summed E-state index contributed by atoms with van der Waals surface area (Å²) in [4.78, 5) is 22.9. The molecule has 9 heteroatoms. The number of aromatic nitrogens is 2. The minimum absolute atomic E-state index is 0.00846. The van der Waals surface area contributed by atoms with Crippen LogP contribution in [0.25, 0.3) is 10.2 Å². The van der Waals surface area contributed by atoms with E-state index in [1.165, 1.54) is 23.2 Å². The number of thiophene rings is 1. The SMILES string of the molecule is O=C(COc1ncnc2sc3c(c12)CCCC3)N[C@H]1CCS(=O)(=O)C1. The highest BCUT2D eigenvalue weighted by Gasteiger charge is 2.29. The highest BCUT2D eigenvalue weighted by molar-refractivity contribution is 7.91. The van der Waals surface area contributed by atoms with E-state index in [0.29, 0.717) is 12.3 Å². The van der Waals surface area contributed by atoms with Crippen LogP contribution in [-0.2, 0) is 27.5 Å². The predicted octanol–water partition coefficient (Wildman–Crippen LogP) is 1.25. The summed E-state index contributed by atoms with van der Waals surface area (Å²) in [6.45, 7) is -0.173. The molecule has 1 N–H and O–H groups in total. The fourth-order valence-electron chi connectivity index (χ4n) is 3.48. The summed E-state index contributed by atoms with van der Waals surface area (Å²) in [5.41, 5.74) is 1.25. The summed E-state index contributed by atoms with van der Waals surface area (Å²) >= 11 is 1.68. The van der Waals surface area contributed by atoms with E-state index in [4.69, 9.17) is 4.74 Å². The van der Waals surface area contributed by atoms with Gasteiger partial charge in [0, 0.05) is 10.9 Å². The van der Waals surface area contributed by atoms with Crippen molar-refractivity contribution < 1.29 is 17.9 Å². The summed E-state index contributed by atoms with van der Waals surface area (Å²) in [7, 11) is -3.01. The Morgan fingerprint density at radius 2 is 2.16 bits per heavy atom. The molecule has 7 nitrogen and oxygen atoms in total. The zero-order valence-corrected chi connectivity index (χ0v) is 15.3.